The van der Waals surface area contributed by atoms with Crippen molar-refractivity contribution in [1.82, 2.24) is 19.6 Å². The van der Waals surface area contributed by atoms with Gasteiger partial charge in [-0.25, -0.2) is 0 Å². The minimum absolute atomic E-state index is 0.511. The molecule has 0 unspecified atom stereocenters. The first-order valence-corrected chi connectivity index (χ1v) is 20.6. The van der Waals surface area contributed by atoms with E-state index < -0.39 is 11.0 Å². The predicted octanol–water partition coefficient (Wildman–Crippen LogP) is 3.34. The van der Waals surface area contributed by atoms with Crippen molar-refractivity contribution in [2.75, 3.05) is 0 Å². The van der Waals surface area contributed by atoms with Crippen LogP contribution in [0.15, 0.2) is 146 Å². The standard InChI is InChI=1S/C31H26N4P2Se2/c38-36(26-13-5-1-6-14-26,27-15-7-2-8-16-27)30-21-23-32-34(30)25-35-31(22-24-33-35)37(39,28-17-9-3-10-18-28)29-19-11-4-12-20-29/h1-24H,25H2. The Bertz CT molecular complexity index is 1560. The Morgan fingerprint density at radius 3 is 1.00 bits per heavy atom. The fourth-order valence-electron chi connectivity index (χ4n) is 4.91. The molecule has 0 aliphatic carbocycles. The fourth-order valence-corrected chi connectivity index (χ4v) is 15.4. The summed E-state index contributed by atoms with van der Waals surface area (Å²) in [6.07, 6.45) is 3.82. The molecule has 0 saturated heterocycles. The first-order chi connectivity index (χ1) is 19.1. The molecule has 2 heterocycles. The summed E-state index contributed by atoms with van der Waals surface area (Å²) >= 11 is 7.33. The summed E-state index contributed by atoms with van der Waals surface area (Å²) < 4.78 is 4.22. The number of benzene rings is 4. The molecule has 0 saturated carbocycles. The van der Waals surface area contributed by atoms with E-state index in [1.54, 1.807) is 0 Å². The van der Waals surface area contributed by atoms with E-state index in [1.807, 2.05) is 12.4 Å². The molecule has 0 aliphatic heterocycles. The van der Waals surface area contributed by atoms with E-state index >= 15 is 0 Å². The van der Waals surface area contributed by atoms with Gasteiger partial charge in [0.1, 0.15) is 0 Å². The predicted molar refractivity (Wildman–Crippen MR) is 169 cm³/mol. The first-order valence-electron chi connectivity index (χ1n) is 12.6. The van der Waals surface area contributed by atoms with Gasteiger partial charge in [-0.15, -0.1) is 0 Å². The Morgan fingerprint density at radius 2 is 0.718 bits per heavy atom. The summed E-state index contributed by atoms with van der Waals surface area (Å²) in [5.41, 5.74) is -1.80. The molecule has 0 N–H and O–H groups in total. The summed E-state index contributed by atoms with van der Waals surface area (Å²) in [4.78, 5) is 0. The van der Waals surface area contributed by atoms with Gasteiger partial charge < -0.3 is 0 Å². The van der Waals surface area contributed by atoms with Crippen molar-refractivity contribution in [3.8, 4) is 0 Å². The van der Waals surface area contributed by atoms with E-state index in [2.05, 4.69) is 173 Å². The van der Waals surface area contributed by atoms with Crippen LogP contribution in [0.4, 0.5) is 0 Å². The molecule has 4 aromatic carbocycles. The van der Waals surface area contributed by atoms with Crippen LogP contribution in [0.25, 0.3) is 0 Å². The molecule has 0 aliphatic rings. The molecule has 0 amide bonds. The van der Waals surface area contributed by atoms with Crippen molar-refractivity contribution in [3.05, 3.63) is 146 Å². The van der Waals surface area contributed by atoms with Gasteiger partial charge >= 0.3 is 245 Å². The average Bonchev–Trinajstić information content (AvgIpc) is 3.69. The van der Waals surface area contributed by atoms with E-state index in [1.165, 1.54) is 32.1 Å². The van der Waals surface area contributed by atoms with Crippen molar-refractivity contribution >= 4 is 73.3 Å². The van der Waals surface area contributed by atoms with E-state index in [9.17, 15) is 0 Å². The molecular formula is C31H26N4P2Se2. The second-order valence-corrected chi connectivity index (χ2v) is 21.4. The van der Waals surface area contributed by atoms with Gasteiger partial charge in [0, 0.05) is 0 Å². The zero-order valence-electron chi connectivity index (χ0n) is 21.1. The quantitative estimate of drug-likeness (QED) is 0.184. The molecule has 6 rings (SSSR count). The molecule has 0 atom stereocenters. The second kappa shape index (κ2) is 11.4. The summed E-state index contributed by atoms with van der Waals surface area (Å²) in [7, 11) is 0. The summed E-state index contributed by atoms with van der Waals surface area (Å²) in [5.74, 6) is 0. The Hall–Kier alpha value is -2.80. The maximum atomic E-state index is 4.84. The molecule has 39 heavy (non-hydrogen) atoms. The zero-order valence-corrected chi connectivity index (χ0v) is 26.3. The SMILES string of the molecule is [Se]=P(c1ccccc1)(c1ccccc1)c1ccnn1Cn1nccc1P(=[Se])(c1ccccc1)c1ccccc1. The van der Waals surface area contributed by atoms with Crippen LogP contribution in [-0.2, 0) is 6.67 Å². The maximum absolute atomic E-state index is 4.84. The Kier molecular flexibility index (Phi) is 7.70. The number of hydrogen-bond donors (Lipinski definition) is 0. The number of aromatic nitrogens is 4. The van der Waals surface area contributed by atoms with Crippen LogP contribution in [-0.4, -0.2) is 49.8 Å². The third-order valence-electron chi connectivity index (χ3n) is 6.78. The van der Waals surface area contributed by atoms with Crippen molar-refractivity contribution in [2.24, 2.45) is 0 Å². The van der Waals surface area contributed by atoms with E-state index in [0.717, 1.165) is 0 Å². The van der Waals surface area contributed by atoms with Crippen molar-refractivity contribution in [1.29, 1.82) is 0 Å². The van der Waals surface area contributed by atoms with Gasteiger partial charge in [0.25, 0.3) is 0 Å². The summed E-state index contributed by atoms with van der Waals surface area (Å²) in [6, 6.07) is 47.2. The van der Waals surface area contributed by atoms with Crippen LogP contribution in [0.2, 0.25) is 0 Å². The Balaban J connectivity index is 1.49. The monoisotopic (exact) mass is 676 g/mol. The van der Waals surface area contributed by atoms with Crippen LogP contribution in [0.5, 0.6) is 0 Å². The Morgan fingerprint density at radius 1 is 0.436 bits per heavy atom. The second-order valence-electron chi connectivity index (χ2n) is 9.08. The molecule has 6 aromatic rings. The van der Waals surface area contributed by atoms with Gasteiger partial charge in [0.05, 0.1) is 0 Å². The van der Waals surface area contributed by atoms with Crippen LogP contribution in [0.1, 0.15) is 0 Å². The van der Waals surface area contributed by atoms with Crippen LogP contribution >= 0.6 is 11.0 Å². The Labute approximate surface area is 244 Å². The molecule has 0 fully saturated rings. The number of hydrogen-bond acceptors (Lipinski definition) is 2. The first kappa shape index (κ1) is 26.4. The molecule has 0 spiro atoms. The zero-order chi connectivity index (χ0) is 26.7. The molecule has 8 heteroatoms. The fraction of sp³-hybridized carbons (Fsp3) is 0.0323. The van der Waals surface area contributed by atoms with Gasteiger partial charge in [-0.3, -0.25) is 0 Å². The summed E-state index contributed by atoms with van der Waals surface area (Å²) in [6.45, 7) is 0.511. The molecule has 4 nitrogen and oxygen atoms in total. The molecule has 2 aromatic heterocycles. The van der Waals surface area contributed by atoms with Gasteiger partial charge in [0.2, 0.25) is 0 Å². The normalized spacial score (nSPS) is 11.9. The van der Waals surface area contributed by atoms with Crippen molar-refractivity contribution < 1.29 is 0 Å². The van der Waals surface area contributed by atoms with Crippen molar-refractivity contribution in [3.63, 3.8) is 0 Å². The molecule has 192 valence electrons. The van der Waals surface area contributed by atoms with Gasteiger partial charge in [-0.2, -0.15) is 0 Å². The third kappa shape index (κ3) is 4.88. The number of nitrogens with zero attached hydrogens (tertiary/aromatic N) is 4. The van der Waals surface area contributed by atoms with E-state index in [4.69, 9.17) is 10.2 Å². The summed E-state index contributed by atoms with van der Waals surface area (Å²) in [5, 5.41) is 14.8. The van der Waals surface area contributed by atoms with Crippen molar-refractivity contribution in [2.45, 2.75) is 6.67 Å². The van der Waals surface area contributed by atoms with Gasteiger partial charge in [-0.05, 0) is 0 Å². The third-order valence-corrected chi connectivity index (χ3v) is 20.6. The average molecular weight is 674 g/mol. The van der Waals surface area contributed by atoms with Crippen LogP contribution in [0, 0.1) is 0 Å². The minimum atomic E-state index is -2.07. The van der Waals surface area contributed by atoms with Gasteiger partial charge in [0.15, 0.2) is 0 Å². The molecular weight excluding hydrogens is 648 g/mol. The number of rotatable bonds is 8. The topological polar surface area (TPSA) is 35.6 Å². The van der Waals surface area contributed by atoms with Crippen LogP contribution in [0.3, 0.4) is 0 Å². The van der Waals surface area contributed by atoms with E-state index in [-0.39, 0.29) is 0 Å². The van der Waals surface area contributed by atoms with Gasteiger partial charge in [-0.1, -0.05) is 0 Å². The molecule has 0 bridgehead atoms. The van der Waals surface area contributed by atoms with E-state index in [0.29, 0.717) is 6.67 Å². The molecule has 0 radical (unpaired) electrons. The van der Waals surface area contributed by atoms with Crippen LogP contribution < -0.4 is 32.1 Å².